The summed E-state index contributed by atoms with van der Waals surface area (Å²) >= 11 is 0. The van der Waals surface area contributed by atoms with Gasteiger partial charge in [0, 0.05) is 44.4 Å². The first kappa shape index (κ1) is 10.7. The standard InChI is InChI=1S/C10H9N2.Y/c1-7-5-6-11-9-4-3-8(2)12-10(7)9;/h4-6H,1-2H3;/q-1;. The monoisotopic (exact) mass is 246 g/mol. The fourth-order valence-corrected chi connectivity index (χ4v) is 1.20. The zero-order valence-corrected chi connectivity index (χ0v) is 10.5. The molecular weight excluding hydrogens is 237 g/mol. The fourth-order valence-electron chi connectivity index (χ4n) is 1.20. The van der Waals surface area contributed by atoms with E-state index in [9.17, 15) is 0 Å². The van der Waals surface area contributed by atoms with Gasteiger partial charge in [0.15, 0.2) is 0 Å². The van der Waals surface area contributed by atoms with Crippen LogP contribution in [-0.2, 0) is 32.7 Å². The molecular formula is C10H9N2Y-. The zero-order valence-electron chi connectivity index (χ0n) is 7.70. The molecule has 0 aromatic carbocycles. The van der Waals surface area contributed by atoms with Gasteiger partial charge in [-0.15, -0.1) is 0 Å². The van der Waals surface area contributed by atoms with Crippen molar-refractivity contribution in [3.8, 4) is 0 Å². The molecule has 0 amide bonds. The molecule has 0 aliphatic heterocycles. The van der Waals surface area contributed by atoms with Gasteiger partial charge in [-0.05, 0) is 25.5 Å². The quantitative estimate of drug-likeness (QED) is 0.665. The van der Waals surface area contributed by atoms with Crippen LogP contribution in [0, 0.1) is 19.9 Å². The van der Waals surface area contributed by atoms with E-state index in [0.29, 0.717) is 0 Å². The summed E-state index contributed by atoms with van der Waals surface area (Å²) in [4.78, 5) is 8.55. The number of fused-ring (bicyclic) bond motifs is 1. The first-order valence-corrected chi connectivity index (χ1v) is 3.88. The van der Waals surface area contributed by atoms with Crippen molar-refractivity contribution in [1.29, 1.82) is 0 Å². The van der Waals surface area contributed by atoms with E-state index in [0.717, 1.165) is 22.3 Å². The maximum atomic E-state index is 4.36. The van der Waals surface area contributed by atoms with E-state index in [1.165, 1.54) is 0 Å². The minimum Gasteiger partial charge on any atom is -0.349 e. The van der Waals surface area contributed by atoms with E-state index in [-0.39, 0.29) is 32.7 Å². The van der Waals surface area contributed by atoms with Crippen molar-refractivity contribution in [3.05, 3.63) is 35.7 Å². The molecule has 0 fully saturated rings. The summed E-state index contributed by atoms with van der Waals surface area (Å²) in [5.74, 6) is 0. The zero-order chi connectivity index (χ0) is 8.55. The van der Waals surface area contributed by atoms with Gasteiger partial charge in [0.05, 0.1) is 0 Å². The van der Waals surface area contributed by atoms with Gasteiger partial charge >= 0.3 is 0 Å². The van der Waals surface area contributed by atoms with E-state index in [2.05, 4.69) is 16.0 Å². The predicted octanol–water partition coefficient (Wildman–Crippen LogP) is 2.04. The van der Waals surface area contributed by atoms with Crippen molar-refractivity contribution in [2.45, 2.75) is 13.8 Å². The Balaban J connectivity index is 0.000000845. The van der Waals surface area contributed by atoms with Crippen LogP contribution in [0.5, 0.6) is 0 Å². The van der Waals surface area contributed by atoms with Crippen LogP contribution in [0.25, 0.3) is 11.0 Å². The summed E-state index contributed by atoms with van der Waals surface area (Å²) in [7, 11) is 0. The van der Waals surface area contributed by atoms with Gasteiger partial charge in [-0.1, -0.05) is 11.2 Å². The van der Waals surface area contributed by atoms with Gasteiger partial charge in [0.1, 0.15) is 0 Å². The largest absolute Gasteiger partial charge is 0.349 e. The Labute approximate surface area is 103 Å². The van der Waals surface area contributed by atoms with Crippen LogP contribution in [0.1, 0.15) is 11.3 Å². The van der Waals surface area contributed by atoms with Crippen LogP contribution in [0.3, 0.4) is 0 Å². The third-order valence-corrected chi connectivity index (χ3v) is 1.85. The molecule has 0 saturated carbocycles. The van der Waals surface area contributed by atoms with Crippen molar-refractivity contribution in [2.75, 3.05) is 0 Å². The Bertz CT molecular complexity index is 426. The van der Waals surface area contributed by atoms with E-state index < -0.39 is 0 Å². The molecule has 0 spiro atoms. The Morgan fingerprint density at radius 1 is 1.31 bits per heavy atom. The second kappa shape index (κ2) is 4.25. The second-order valence-electron chi connectivity index (χ2n) is 2.85. The molecule has 0 aliphatic rings. The molecule has 2 rings (SSSR count). The first-order valence-electron chi connectivity index (χ1n) is 3.88. The average molecular weight is 246 g/mol. The average Bonchev–Trinajstić information content (AvgIpc) is 2.07. The number of hydrogen-bond acceptors (Lipinski definition) is 2. The Morgan fingerprint density at radius 3 is 2.85 bits per heavy atom. The predicted molar refractivity (Wildman–Crippen MR) is 47.8 cm³/mol. The molecule has 63 valence electrons. The Kier molecular flexibility index (Phi) is 3.51. The van der Waals surface area contributed by atoms with Crippen LogP contribution in [0.4, 0.5) is 0 Å². The summed E-state index contributed by atoms with van der Waals surface area (Å²) in [5.41, 5.74) is 3.98. The normalized spacial score (nSPS) is 9.69. The van der Waals surface area contributed by atoms with Crippen molar-refractivity contribution in [1.82, 2.24) is 9.97 Å². The van der Waals surface area contributed by atoms with Gasteiger partial charge in [0.2, 0.25) is 0 Å². The number of pyridine rings is 2. The number of rotatable bonds is 0. The van der Waals surface area contributed by atoms with Crippen LogP contribution in [0.15, 0.2) is 18.3 Å². The summed E-state index contributed by atoms with van der Waals surface area (Å²) in [6.45, 7) is 3.97. The molecule has 2 heterocycles. The number of hydrogen-bond donors (Lipinski definition) is 0. The number of aromatic nitrogens is 2. The van der Waals surface area contributed by atoms with E-state index in [1.54, 1.807) is 6.20 Å². The number of aryl methyl sites for hydroxylation is 2. The van der Waals surface area contributed by atoms with Gasteiger partial charge in [-0.3, -0.25) is 4.98 Å². The molecule has 2 aromatic heterocycles. The molecule has 2 nitrogen and oxygen atoms in total. The molecule has 0 unspecified atom stereocenters. The Morgan fingerprint density at radius 2 is 2.08 bits per heavy atom. The first-order chi connectivity index (χ1) is 5.77. The van der Waals surface area contributed by atoms with Crippen molar-refractivity contribution in [2.24, 2.45) is 0 Å². The van der Waals surface area contributed by atoms with Crippen molar-refractivity contribution in [3.63, 3.8) is 0 Å². The molecule has 0 aliphatic carbocycles. The third kappa shape index (κ3) is 2.12. The van der Waals surface area contributed by atoms with Gasteiger partial charge in [-0.25, -0.2) is 12.1 Å². The third-order valence-electron chi connectivity index (χ3n) is 1.85. The SMILES string of the molecule is Cc1[c-]cc2nccc(C)c2n1.[Y]. The van der Waals surface area contributed by atoms with Crippen LogP contribution in [-0.4, -0.2) is 9.97 Å². The topological polar surface area (TPSA) is 25.8 Å². The molecule has 3 heteroatoms. The van der Waals surface area contributed by atoms with E-state index >= 15 is 0 Å². The summed E-state index contributed by atoms with van der Waals surface area (Å²) in [6.07, 6.45) is 1.79. The van der Waals surface area contributed by atoms with Crippen LogP contribution < -0.4 is 0 Å². The molecule has 1 radical (unpaired) electrons. The summed E-state index contributed by atoms with van der Waals surface area (Å²) < 4.78 is 0. The summed E-state index contributed by atoms with van der Waals surface area (Å²) in [6, 6.07) is 6.87. The van der Waals surface area contributed by atoms with Crippen molar-refractivity contribution >= 4 is 11.0 Å². The maximum Gasteiger partial charge on any atom is 0.00835 e. The van der Waals surface area contributed by atoms with E-state index in [1.807, 2.05) is 26.0 Å². The second-order valence-corrected chi connectivity index (χ2v) is 2.85. The minimum absolute atomic E-state index is 0. The Hall–Kier alpha value is -0.336. The molecule has 13 heavy (non-hydrogen) atoms. The van der Waals surface area contributed by atoms with Gasteiger partial charge in [0.25, 0.3) is 0 Å². The van der Waals surface area contributed by atoms with Crippen LogP contribution >= 0.6 is 0 Å². The molecule has 0 bridgehead atoms. The maximum absolute atomic E-state index is 4.36. The van der Waals surface area contributed by atoms with Crippen molar-refractivity contribution < 1.29 is 32.7 Å². The molecule has 2 aromatic rings. The van der Waals surface area contributed by atoms with Gasteiger partial charge < -0.3 is 4.98 Å². The fraction of sp³-hybridized carbons (Fsp3) is 0.200. The van der Waals surface area contributed by atoms with Gasteiger partial charge in [-0.2, -0.15) is 0 Å². The summed E-state index contributed by atoms with van der Waals surface area (Å²) in [5, 5.41) is 0. The molecule has 0 atom stereocenters. The number of nitrogens with zero attached hydrogens (tertiary/aromatic N) is 2. The molecule has 0 N–H and O–H groups in total. The van der Waals surface area contributed by atoms with E-state index in [4.69, 9.17) is 0 Å². The minimum atomic E-state index is 0. The molecule has 0 saturated heterocycles. The smallest absolute Gasteiger partial charge is 0.00835 e. The van der Waals surface area contributed by atoms with Crippen LogP contribution in [0.2, 0.25) is 0 Å².